The lowest BCUT2D eigenvalue weighted by Crippen LogP contribution is -2.40. The van der Waals surface area contributed by atoms with Crippen molar-refractivity contribution in [2.45, 2.75) is 32.7 Å². The molecule has 0 saturated heterocycles. The smallest absolute Gasteiger partial charge is 0.223 e. The number of aryl methyl sites for hydroxylation is 1. The van der Waals surface area contributed by atoms with E-state index < -0.39 is 10.0 Å². The summed E-state index contributed by atoms with van der Waals surface area (Å²) in [7, 11) is -3.30. The van der Waals surface area contributed by atoms with Crippen LogP contribution in [-0.2, 0) is 21.4 Å². The van der Waals surface area contributed by atoms with E-state index in [1.165, 1.54) is 10.6 Å². The van der Waals surface area contributed by atoms with Gasteiger partial charge in [0.05, 0.1) is 6.26 Å². The van der Waals surface area contributed by atoms with Gasteiger partial charge in [-0.1, -0.05) is 36.2 Å². The first-order valence-electron chi connectivity index (χ1n) is 7.64. The largest absolute Gasteiger partial charge is 0.355 e. The van der Waals surface area contributed by atoms with Gasteiger partial charge in [-0.05, 0) is 25.3 Å². The van der Waals surface area contributed by atoms with Crippen LogP contribution in [0.4, 0.5) is 0 Å². The molecule has 0 bridgehead atoms. The first kappa shape index (κ1) is 17.0. The third-order valence-electron chi connectivity index (χ3n) is 4.08. The molecule has 0 aromatic heterocycles. The Labute approximate surface area is 132 Å². The molecule has 1 amide bonds. The number of benzene rings is 1. The molecule has 5 nitrogen and oxygen atoms in total. The van der Waals surface area contributed by atoms with Gasteiger partial charge in [-0.3, -0.25) is 4.79 Å². The van der Waals surface area contributed by atoms with Crippen LogP contribution in [0.25, 0.3) is 0 Å². The van der Waals surface area contributed by atoms with Crippen molar-refractivity contribution < 1.29 is 13.2 Å². The molecule has 122 valence electrons. The number of amides is 1. The molecule has 2 rings (SSSR count). The van der Waals surface area contributed by atoms with E-state index in [4.69, 9.17) is 0 Å². The third-order valence-corrected chi connectivity index (χ3v) is 5.33. The van der Waals surface area contributed by atoms with E-state index in [9.17, 15) is 13.2 Å². The number of carbonyl (C=O) groups excluding carboxylic acids is 1. The number of nitrogens with zero attached hydrogens (tertiary/aromatic N) is 1. The van der Waals surface area contributed by atoms with E-state index >= 15 is 0 Å². The van der Waals surface area contributed by atoms with Crippen molar-refractivity contribution in [3.8, 4) is 0 Å². The Morgan fingerprint density at radius 2 is 1.91 bits per heavy atom. The Morgan fingerprint density at radius 1 is 1.27 bits per heavy atom. The summed E-state index contributed by atoms with van der Waals surface area (Å²) in [5.74, 6) is 0.179. The lowest BCUT2D eigenvalue weighted by molar-refractivity contribution is -0.127. The van der Waals surface area contributed by atoms with Crippen LogP contribution in [0.2, 0.25) is 0 Å². The molecule has 0 heterocycles. The van der Waals surface area contributed by atoms with Gasteiger partial charge >= 0.3 is 0 Å². The van der Waals surface area contributed by atoms with Gasteiger partial charge in [0, 0.05) is 25.6 Å². The minimum atomic E-state index is -3.30. The molecule has 1 saturated carbocycles. The molecule has 1 aromatic carbocycles. The van der Waals surface area contributed by atoms with Crippen LogP contribution >= 0.6 is 0 Å². The van der Waals surface area contributed by atoms with Gasteiger partial charge in [0.15, 0.2) is 0 Å². The second kappa shape index (κ2) is 7.24. The highest BCUT2D eigenvalue weighted by Crippen LogP contribution is 2.26. The van der Waals surface area contributed by atoms with Gasteiger partial charge < -0.3 is 5.32 Å². The summed E-state index contributed by atoms with van der Waals surface area (Å²) in [5, 5.41) is 2.84. The van der Waals surface area contributed by atoms with Crippen LogP contribution < -0.4 is 5.32 Å². The first-order valence-corrected chi connectivity index (χ1v) is 9.49. The van der Waals surface area contributed by atoms with Gasteiger partial charge in [-0.25, -0.2) is 8.42 Å². The molecule has 1 aromatic rings. The molecule has 0 spiro atoms. The van der Waals surface area contributed by atoms with Crippen LogP contribution in [0, 0.1) is 12.8 Å². The minimum Gasteiger partial charge on any atom is -0.355 e. The number of rotatable bonds is 7. The molecular weight excluding hydrogens is 300 g/mol. The van der Waals surface area contributed by atoms with Crippen LogP contribution in [0.15, 0.2) is 24.3 Å². The number of sulfonamides is 1. The molecule has 1 fully saturated rings. The fourth-order valence-corrected chi connectivity index (χ4v) is 3.18. The zero-order valence-corrected chi connectivity index (χ0v) is 14.0. The van der Waals surface area contributed by atoms with E-state index in [1.54, 1.807) is 0 Å². The average molecular weight is 324 g/mol. The second-order valence-electron chi connectivity index (χ2n) is 6.00. The highest BCUT2D eigenvalue weighted by Gasteiger charge is 2.25. The van der Waals surface area contributed by atoms with Crippen LogP contribution in [0.1, 0.15) is 30.4 Å². The van der Waals surface area contributed by atoms with Crippen molar-refractivity contribution in [1.29, 1.82) is 0 Å². The summed E-state index contributed by atoms with van der Waals surface area (Å²) in [5.41, 5.74) is 2.09. The molecular formula is C16H24N2O3S. The fourth-order valence-electron chi connectivity index (χ4n) is 2.38. The maximum atomic E-state index is 11.9. The van der Waals surface area contributed by atoms with Gasteiger partial charge in [-0.15, -0.1) is 0 Å². The zero-order chi connectivity index (χ0) is 16.2. The molecule has 1 N–H and O–H groups in total. The third kappa shape index (κ3) is 4.81. The van der Waals surface area contributed by atoms with E-state index in [0.717, 1.165) is 30.4 Å². The number of hydrogen-bond donors (Lipinski definition) is 1. The maximum absolute atomic E-state index is 11.9. The Morgan fingerprint density at radius 3 is 2.41 bits per heavy atom. The van der Waals surface area contributed by atoms with Gasteiger partial charge in [0.1, 0.15) is 0 Å². The molecule has 1 aliphatic rings. The van der Waals surface area contributed by atoms with E-state index in [2.05, 4.69) is 5.32 Å². The summed E-state index contributed by atoms with van der Waals surface area (Å²) in [6.45, 7) is 2.98. The molecule has 0 atom stereocenters. The predicted molar refractivity (Wildman–Crippen MR) is 86.8 cm³/mol. The van der Waals surface area contributed by atoms with E-state index in [1.807, 2.05) is 31.2 Å². The summed E-state index contributed by atoms with van der Waals surface area (Å²) in [6, 6.07) is 7.79. The molecule has 1 aliphatic carbocycles. The molecule has 22 heavy (non-hydrogen) atoms. The summed E-state index contributed by atoms with van der Waals surface area (Å²) >= 11 is 0. The number of carbonyl (C=O) groups is 1. The molecule has 0 unspecified atom stereocenters. The van der Waals surface area contributed by atoms with E-state index in [-0.39, 0.29) is 11.8 Å². The molecule has 0 aliphatic heterocycles. The van der Waals surface area contributed by atoms with Crippen LogP contribution in [0.5, 0.6) is 0 Å². The van der Waals surface area contributed by atoms with Gasteiger partial charge in [-0.2, -0.15) is 4.31 Å². The predicted octanol–water partition coefficient (Wildman–Crippen LogP) is 1.67. The summed E-state index contributed by atoms with van der Waals surface area (Å²) in [4.78, 5) is 11.8. The first-order chi connectivity index (χ1) is 10.4. The average Bonchev–Trinajstić information content (AvgIpc) is 2.36. The summed E-state index contributed by atoms with van der Waals surface area (Å²) < 4.78 is 25.2. The Bertz CT molecular complexity index is 607. The lowest BCUT2D eigenvalue weighted by Gasteiger charge is -2.25. The maximum Gasteiger partial charge on any atom is 0.223 e. The lowest BCUT2D eigenvalue weighted by atomic mass is 9.85. The second-order valence-corrected chi connectivity index (χ2v) is 7.98. The highest BCUT2D eigenvalue weighted by molar-refractivity contribution is 7.88. The summed E-state index contributed by atoms with van der Waals surface area (Å²) in [6.07, 6.45) is 4.21. The van der Waals surface area contributed by atoms with Crippen molar-refractivity contribution in [3.63, 3.8) is 0 Å². The van der Waals surface area contributed by atoms with Crippen LogP contribution in [-0.4, -0.2) is 38.0 Å². The SMILES string of the molecule is Cc1ccc(CN(CCNC(=O)C2CCC2)S(C)(=O)=O)cc1. The standard InChI is InChI=1S/C16H24N2O3S/c1-13-6-8-14(9-7-13)12-18(22(2,20)21)11-10-17-16(19)15-4-3-5-15/h6-9,15H,3-5,10-12H2,1-2H3,(H,17,19). The van der Waals surface area contributed by atoms with Crippen molar-refractivity contribution in [2.24, 2.45) is 5.92 Å². The van der Waals surface area contributed by atoms with E-state index in [0.29, 0.717) is 19.6 Å². The normalized spacial score (nSPS) is 15.6. The van der Waals surface area contributed by atoms with Crippen molar-refractivity contribution in [3.05, 3.63) is 35.4 Å². The Kier molecular flexibility index (Phi) is 5.58. The van der Waals surface area contributed by atoms with Gasteiger partial charge in [0.25, 0.3) is 0 Å². The zero-order valence-electron chi connectivity index (χ0n) is 13.2. The fraction of sp³-hybridized carbons (Fsp3) is 0.562. The Balaban J connectivity index is 1.89. The monoisotopic (exact) mass is 324 g/mol. The number of nitrogens with one attached hydrogen (secondary N) is 1. The van der Waals surface area contributed by atoms with Crippen molar-refractivity contribution in [2.75, 3.05) is 19.3 Å². The quantitative estimate of drug-likeness (QED) is 0.830. The minimum absolute atomic E-state index is 0.0510. The highest BCUT2D eigenvalue weighted by atomic mass is 32.2. The topological polar surface area (TPSA) is 66.5 Å². The number of hydrogen-bond acceptors (Lipinski definition) is 3. The Hall–Kier alpha value is -1.40. The van der Waals surface area contributed by atoms with Crippen molar-refractivity contribution >= 4 is 15.9 Å². The molecule has 0 radical (unpaired) electrons. The van der Waals surface area contributed by atoms with Gasteiger partial charge in [0.2, 0.25) is 15.9 Å². The van der Waals surface area contributed by atoms with Crippen molar-refractivity contribution in [1.82, 2.24) is 9.62 Å². The molecule has 6 heteroatoms. The van der Waals surface area contributed by atoms with Crippen LogP contribution in [0.3, 0.4) is 0 Å².